The Morgan fingerprint density at radius 2 is 2.25 bits per heavy atom. The average molecular weight is 226 g/mol. The Morgan fingerprint density at radius 3 is 2.94 bits per heavy atom. The van der Waals surface area contributed by atoms with Crippen LogP contribution in [0.1, 0.15) is 5.69 Å². The number of hydrogen-bond donors (Lipinski definition) is 1. The zero-order chi connectivity index (χ0) is 11.8. The molecule has 0 amide bonds. The molecular weight excluding hydrogens is 204 g/mol. The van der Waals surface area contributed by atoms with Gasteiger partial charge in [-0.3, -0.25) is 0 Å². The van der Waals surface area contributed by atoms with Gasteiger partial charge in [-0.25, -0.2) is 4.98 Å². The van der Waals surface area contributed by atoms with E-state index in [4.69, 9.17) is 4.74 Å². The van der Waals surface area contributed by atoms with Crippen LogP contribution >= 0.6 is 0 Å². The molecule has 0 radical (unpaired) electrons. The van der Waals surface area contributed by atoms with E-state index in [1.807, 2.05) is 33.7 Å². The van der Waals surface area contributed by atoms with E-state index in [2.05, 4.69) is 19.8 Å². The summed E-state index contributed by atoms with van der Waals surface area (Å²) in [5.74, 6) is 0. The minimum atomic E-state index is 0.737. The lowest BCUT2D eigenvalue weighted by atomic mass is 10.4. The van der Waals surface area contributed by atoms with Crippen LogP contribution in [0.4, 0.5) is 0 Å². The van der Waals surface area contributed by atoms with Gasteiger partial charge in [0.15, 0.2) is 0 Å². The maximum Gasteiger partial charge on any atom is 0.0949 e. The van der Waals surface area contributed by atoms with Gasteiger partial charge >= 0.3 is 0 Å². The highest BCUT2D eigenvalue weighted by atomic mass is 16.5. The molecule has 92 valence electrons. The minimum absolute atomic E-state index is 0.737. The van der Waals surface area contributed by atoms with Gasteiger partial charge in [-0.2, -0.15) is 0 Å². The average Bonchev–Trinajstić information content (AvgIpc) is 2.65. The lowest BCUT2D eigenvalue weighted by Gasteiger charge is -2.11. The van der Waals surface area contributed by atoms with Crippen molar-refractivity contribution in [2.45, 2.75) is 13.1 Å². The van der Waals surface area contributed by atoms with Gasteiger partial charge in [0.2, 0.25) is 0 Å². The van der Waals surface area contributed by atoms with Crippen molar-refractivity contribution in [3.8, 4) is 0 Å². The molecule has 0 unspecified atom stereocenters. The molecule has 5 nitrogen and oxygen atoms in total. The second-order valence-corrected chi connectivity index (χ2v) is 4.02. The highest BCUT2D eigenvalue weighted by Crippen LogP contribution is 1.98. The van der Waals surface area contributed by atoms with Crippen molar-refractivity contribution in [2.24, 2.45) is 0 Å². The SMILES string of the molecule is CNCc1cncn1CCOCCN(C)C. The summed E-state index contributed by atoms with van der Waals surface area (Å²) in [5, 5.41) is 3.12. The standard InChI is InChI=1S/C11H22N4O/c1-12-8-11-9-13-10-15(11)5-7-16-6-4-14(2)3/h9-10,12H,4-8H2,1-3H3. The summed E-state index contributed by atoms with van der Waals surface area (Å²) in [6.07, 6.45) is 3.73. The number of nitrogens with zero attached hydrogens (tertiary/aromatic N) is 3. The van der Waals surface area contributed by atoms with Crippen molar-refractivity contribution in [1.82, 2.24) is 19.8 Å². The lowest BCUT2D eigenvalue weighted by molar-refractivity contribution is 0.110. The predicted octanol–water partition coefficient (Wildman–Crippen LogP) is 0.181. The zero-order valence-corrected chi connectivity index (χ0v) is 10.4. The van der Waals surface area contributed by atoms with Gasteiger partial charge in [-0.1, -0.05) is 0 Å². The van der Waals surface area contributed by atoms with Crippen molar-refractivity contribution in [3.05, 3.63) is 18.2 Å². The second kappa shape index (κ2) is 7.38. The van der Waals surface area contributed by atoms with Crippen LogP contribution in [0.25, 0.3) is 0 Å². The monoisotopic (exact) mass is 226 g/mol. The Balaban J connectivity index is 2.18. The first-order valence-electron chi connectivity index (χ1n) is 5.60. The molecule has 0 aliphatic rings. The van der Waals surface area contributed by atoms with Crippen LogP contribution in [-0.2, 0) is 17.8 Å². The van der Waals surface area contributed by atoms with E-state index in [9.17, 15) is 0 Å². The molecular formula is C11H22N4O. The van der Waals surface area contributed by atoms with Crippen molar-refractivity contribution in [1.29, 1.82) is 0 Å². The van der Waals surface area contributed by atoms with Gasteiger partial charge in [-0.15, -0.1) is 0 Å². The van der Waals surface area contributed by atoms with Gasteiger partial charge in [0, 0.05) is 25.8 Å². The molecule has 0 bridgehead atoms. The van der Waals surface area contributed by atoms with Crippen LogP contribution in [0.2, 0.25) is 0 Å². The smallest absolute Gasteiger partial charge is 0.0949 e. The molecule has 0 aliphatic carbocycles. The van der Waals surface area contributed by atoms with E-state index in [1.165, 1.54) is 5.69 Å². The number of rotatable bonds is 8. The van der Waals surface area contributed by atoms with Crippen LogP contribution in [0.3, 0.4) is 0 Å². The van der Waals surface area contributed by atoms with E-state index in [0.717, 1.165) is 32.8 Å². The summed E-state index contributed by atoms with van der Waals surface area (Å²) in [7, 11) is 6.03. The summed E-state index contributed by atoms with van der Waals surface area (Å²) in [4.78, 5) is 6.24. The molecule has 5 heteroatoms. The lowest BCUT2D eigenvalue weighted by Crippen LogP contribution is -2.19. The Kier molecular flexibility index (Phi) is 6.07. The molecule has 0 fully saturated rings. The number of aromatic nitrogens is 2. The highest BCUT2D eigenvalue weighted by molar-refractivity contribution is 4.97. The van der Waals surface area contributed by atoms with Crippen LogP contribution in [0.5, 0.6) is 0 Å². The summed E-state index contributed by atoms with van der Waals surface area (Å²) >= 11 is 0. The number of nitrogens with one attached hydrogen (secondary N) is 1. The molecule has 0 spiro atoms. The molecule has 0 saturated heterocycles. The number of likely N-dealkylation sites (N-methyl/N-ethyl adjacent to an activating group) is 1. The van der Waals surface area contributed by atoms with Crippen molar-refractivity contribution < 1.29 is 4.74 Å². The van der Waals surface area contributed by atoms with E-state index in [0.29, 0.717) is 0 Å². The number of hydrogen-bond acceptors (Lipinski definition) is 4. The maximum absolute atomic E-state index is 5.54. The molecule has 0 aliphatic heterocycles. The largest absolute Gasteiger partial charge is 0.378 e. The van der Waals surface area contributed by atoms with Crippen LogP contribution in [0, 0.1) is 0 Å². The molecule has 1 aromatic heterocycles. The van der Waals surface area contributed by atoms with E-state index < -0.39 is 0 Å². The highest BCUT2D eigenvalue weighted by Gasteiger charge is 2.00. The first kappa shape index (κ1) is 13.2. The fourth-order valence-electron chi connectivity index (χ4n) is 1.39. The summed E-state index contributed by atoms with van der Waals surface area (Å²) in [6, 6.07) is 0. The number of ether oxygens (including phenoxy) is 1. The molecule has 0 aromatic carbocycles. The third-order valence-corrected chi connectivity index (χ3v) is 2.32. The Morgan fingerprint density at radius 1 is 1.44 bits per heavy atom. The Bertz CT molecular complexity index is 285. The fourth-order valence-corrected chi connectivity index (χ4v) is 1.39. The predicted molar refractivity (Wildman–Crippen MR) is 64.4 cm³/mol. The van der Waals surface area contributed by atoms with Gasteiger partial charge < -0.3 is 19.5 Å². The fraction of sp³-hybridized carbons (Fsp3) is 0.727. The molecule has 1 heterocycles. The van der Waals surface area contributed by atoms with Crippen molar-refractivity contribution >= 4 is 0 Å². The molecule has 1 aromatic rings. The summed E-state index contributed by atoms with van der Waals surface area (Å²) in [6.45, 7) is 4.19. The van der Waals surface area contributed by atoms with E-state index in [-0.39, 0.29) is 0 Å². The topological polar surface area (TPSA) is 42.3 Å². The van der Waals surface area contributed by atoms with Crippen molar-refractivity contribution in [3.63, 3.8) is 0 Å². The third-order valence-electron chi connectivity index (χ3n) is 2.32. The molecule has 16 heavy (non-hydrogen) atoms. The quantitative estimate of drug-likeness (QED) is 0.642. The second-order valence-electron chi connectivity index (χ2n) is 4.02. The first-order chi connectivity index (χ1) is 7.74. The Labute approximate surface area is 97.4 Å². The molecule has 1 rings (SSSR count). The molecule has 0 atom stereocenters. The third kappa shape index (κ3) is 4.74. The van der Waals surface area contributed by atoms with Crippen LogP contribution < -0.4 is 5.32 Å². The Hall–Kier alpha value is -0.910. The number of imidazole rings is 1. The summed E-state index contributed by atoms with van der Waals surface area (Å²) < 4.78 is 7.66. The first-order valence-corrected chi connectivity index (χ1v) is 5.60. The van der Waals surface area contributed by atoms with Gasteiger partial charge in [-0.05, 0) is 21.1 Å². The van der Waals surface area contributed by atoms with Gasteiger partial charge in [0.05, 0.1) is 25.2 Å². The summed E-state index contributed by atoms with van der Waals surface area (Å²) in [5.41, 5.74) is 1.19. The minimum Gasteiger partial charge on any atom is -0.378 e. The molecule has 0 saturated carbocycles. The molecule has 1 N–H and O–H groups in total. The normalized spacial score (nSPS) is 11.2. The van der Waals surface area contributed by atoms with Gasteiger partial charge in [0.1, 0.15) is 0 Å². The van der Waals surface area contributed by atoms with Gasteiger partial charge in [0.25, 0.3) is 0 Å². The van der Waals surface area contributed by atoms with E-state index >= 15 is 0 Å². The van der Waals surface area contributed by atoms with Crippen LogP contribution in [-0.4, -0.2) is 55.4 Å². The maximum atomic E-state index is 5.54. The zero-order valence-electron chi connectivity index (χ0n) is 10.4. The van der Waals surface area contributed by atoms with Crippen LogP contribution in [0.15, 0.2) is 12.5 Å². The van der Waals surface area contributed by atoms with Crippen molar-refractivity contribution in [2.75, 3.05) is 40.9 Å². The van der Waals surface area contributed by atoms with E-state index in [1.54, 1.807) is 0 Å².